The highest BCUT2D eigenvalue weighted by Gasteiger charge is 2.16. The molecule has 0 aliphatic rings. The molecule has 1 amide bonds. The Morgan fingerprint density at radius 3 is 2.63 bits per heavy atom. The highest BCUT2D eigenvalue weighted by molar-refractivity contribution is 5.97. The van der Waals surface area contributed by atoms with Crippen molar-refractivity contribution in [1.82, 2.24) is 5.32 Å². The first-order valence-corrected chi connectivity index (χ1v) is 9.44. The third-order valence-corrected chi connectivity index (χ3v) is 4.45. The molecule has 2 N–H and O–H groups in total. The highest BCUT2D eigenvalue weighted by atomic mass is 19.1. The lowest BCUT2D eigenvalue weighted by atomic mass is 10.1. The number of benzene rings is 2. The van der Waals surface area contributed by atoms with Gasteiger partial charge in [-0.05, 0) is 42.7 Å². The molecule has 0 aliphatic heterocycles. The largest absolute Gasteiger partial charge is 0.493 e. The van der Waals surface area contributed by atoms with Gasteiger partial charge in [-0.1, -0.05) is 12.1 Å². The number of carbonyl (C=O) groups excluding carboxylic acids is 1. The van der Waals surface area contributed by atoms with Crippen LogP contribution in [0.2, 0.25) is 0 Å². The molecule has 0 fully saturated rings. The van der Waals surface area contributed by atoms with E-state index in [1.54, 1.807) is 18.2 Å². The molecule has 0 bridgehead atoms. The van der Waals surface area contributed by atoms with Gasteiger partial charge in [0.15, 0.2) is 11.5 Å². The van der Waals surface area contributed by atoms with Crippen molar-refractivity contribution in [2.75, 3.05) is 26.9 Å². The summed E-state index contributed by atoms with van der Waals surface area (Å²) in [6, 6.07) is 10.7. The number of amides is 1. The Kier molecular flexibility index (Phi) is 7.03. The fourth-order valence-electron chi connectivity index (χ4n) is 2.95. The minimum absolute atomic E-state index is 0.0600. The Balaban J connectivity index is 1.69. The minimum Gasteiger partial charge on any atom is -0.493 e. The number of fused-ring (bicyclic) bond motifs is 1. The molecule has 0 radical (unpaired) electrons. The lowest BCUT2D eigenvalue weighted by Gasteiger charge is -2.11. The smallest absolute Gasteiger partial charge is 0.349 e. The van der Waals surface area contributed by atoms with E-state index in [1.165, 1.54) is 31.4 Å². The number of hydrogen-bond acceptors (Lipinski definition) is 6. The number of methoxy groups -OCH3 is 1. The lowest BCUT2D eigenvalue weighted by molar-refractivity contribution is 0.0949. The van der Waals surface area contributed by atoms with E-state index < -0.39 is 11.5 Å². The summed E-state index contributed by atoms with van der Waals surface area (Å²) in [5.74, 6) is -0.126. The highest BCUT2D eigenvalue weighted by Crippen LogP contribution is 2.32. The number of halogens is 1. The van der Waals surface area contributed by atoms with Gasteiger partial charge in [0, 0.05) is 18.0 Å². The van der Waals surface area contributed by atoms with Crippen molar-refractivity contribution in [1.29, 1.82) is 0 Å². The maximum atomic E-state index is 12.9. The van der Waals surface area contributed by atoms with Gasteiger partial charge in [0.1, 0.15) is 23.6 Å². The number of rotatable bonds is 9. The third-order valence-electron chi connectivity index (χ3n) is 4.45. The van der Waals surface area contributed by atoms with Crippen LogP contribution in [-0.2, 0) is 6.42 Å². The van der Waals surface area contributed by atoms with Gasteiger partial charge in [0.2, 0.25) is 0 Å². The van der Waals surface area contributed by atoms with Gasteiger partial charge in [-0.2, -0.15) is 0 Å². The molecule has 7 nitrogen and oxygen atoms in total. The number of carbonyl (C=O) groups is 1. The second kappa shape index (κ2) is 9.89. The zero-order chi connectivity index (χ0) is 21.5. The number of hydrogen-bond donors (Lipinski definition) is 2. The van der Waals surface area contributed by atoms with Crippen molar-refractivity contribution in [3.8, 4) is 11.5 Å². The van der Waals surface area contributed by atoms with Crippen LogP contribution >= 0.6 is 0 Å². The summed E-state index contributed by atoms with van der Waals surface area (Å²) in [6.07, 6.45) is 1.30. The van der Waals surface area contributed by atoms with Crippen LogP contribution in [0.25, 0.3) is 11.0 Å². The summed E-state index contributed by atoms with van der Waals surface area (Å²) < 4.78 is 28.8. The van der Waals surface area contributed by atoms with Crippen LogP contribution in [0.3, 0.4) is 0 Å². The molecule has 0 saturated heterocycles. The molecule has 0 spiro atoms. The molecule has 8 heteroatoms. The fourth-order valence-corrected chi connectivity index (χ4v) is 2.95. The van der Waals surface area contributed by atoms with Crippen LogP contribution in [0.1, 0.15) is 22.3 Å². The normalized spacial score (nSPS) is 10.8. The summed E-state index contributed by atoms with van der Waals surface area (Å²) in [6.45, 7) is 0.237. The van der Waals surface area contributed by atoms with Crippen LogP contribution in [0.5, 0.6) is 11.5 Å². The molecular weight excluding hydrogens is 393 g/mol. The zero-order valence-corrected chi connectivity index (χ0v) is 16.4. The number of ether oxygens (including phenoxy) is 2. The fraction of sp³-hybridized carbons (Fsp3) is 0.273. The average molecular weight is 415 g/mol. The van der Waals surface area contributed by atoms with E-state index in [1.807, 2.05) is 0 Å². The van der Waals surface area contributed by atoms with Gasteiger partial charge >= 0.3 is 5.63 Å². The Labute approximate surface area is 172 Å². The van der Waals surface area contributed by atoms with Crippen LogP contribution in [0.15, 0.2) is 51.7 Å². The molecule has 0 unspecified atom stereocenters. The summed E-state index contributed by atoms with van der Waals surface area (Å²) in [4.78, 5) is 24.7. The molecule has 30 heavy (non-hydrogen) atoms. The van der Waals surface area contributed by atoms with E-state index in [9.17, 15) is 14.0 Å². The first-order chi connectivity index (χ1) is 14.5. The summed E-state index contributed by atoms with van der Waals surface area (Å²) in [5, 5.41) is 12.1. The Morgan fingerprint density at radius 2 is 1.93 bits per heavy atom. The standard InChI is InChI=1S/C22H22FNO6/c1-28-19-12-15-11-17(22(27)30-18(15)13-20(19)29-10-9-25)21(26)24-8-2-3-14-4-6-16(23)7-5-14/h4-7,11-13,25H,2-3,8-10H2,1H3,(H,24,26). The predicted octanol–water partition coefficient (Wildman–Crippen LogP) is 2.67. The maximum absolute atomic E-state index is 12.9. The number of aryl methyl sites for hydroxylation is 1. The summed E-state index contributed by atoms with van der Waals surface area (Å²) in [7, 11) is 1.46. The molecule has 3 rings (SSSR count). The molecule has 158 valence electrons. The summed E-state index contributed by atoms with van der Waals surface area (Å²) >= 11 is 0. The number of aliphatic hydroxyl groups excluding tert-OH is 1. The van der Waals surface area contributed by atoms with Crippen molar-refractivity contribution < 1.29 is 28.2 Å². The molecule has 0 aliphatic carbocycles. The van der Waals surface area contributed by atoms with Crippen LogP contribution < -0.4 is 20.4 Å². The first-order valence-electron chi connectivity index (χ1n) is 9.44. The molecule has 0 saturated carbocycles. The SMILES string of the molecule is COc1cc2cc(C(=O)NCCCc3ccc(F)cc3)c(=O)oc2cc1OCCO. The van der Waals surface area contributed by atoms with Crippen molar-refractivity contribution in [2.24, 2.45) is 0 Å². The van der Waals surface area contributed by atoms with E-state index in [2.05, 4.69) is 5.32 Å². The van der Waals surface area contributed by atoms with Gasteiger partial charge < -0.3 is 24.3 Å². The van der Waals surface area contributed by atoms with Gasteiger partial charge in [-0.15, -0.1) is 0 Å². The number of nitrogens with one attached hydrogen (secondary N) is 1. The number of aliphatic hydroxyl groups is 1. The maximum Gasteiger partial charge on any atom is 0.349 e. The molecule has 3 aromatic rings. The van der Waals surface area contributed by atoms with E-state index in [0.717, 1.165) is 5.56 Å². The predicted molar refractivity (Wildman–Crippen MR) is 109 cm³/mol. The average Bonchev–Trinajstić information content (AvgIpc) is 2.75. The van der Waals surface area contributed by atoms with Crippen molar-refractivity contribution in [3.63, 3.8) is 0 Å². The Hall–Kier alpha value is -3.39. The van der Waals surface area contributed by atoms with Crippen molar-refractivity contribution >= 4 is 16.9 Å². The van der Waals surface area contributed by atoms with Crippen molar-refractivity contribution in [3.05, 3.63) is 69.8 Å². The van der Waals surface area contributed by atoms with Gasteiger partial charge in [-0.3, -0.25) is 4.79 Å². The molecular formula is C22H22FNO6. The second-order valence-electron chi connectivity index (χ2n) is 6.55. The zero-order valence-electron chi connectivity index (χ0n) is 16.4. The first kappa shape index (κ1) is 21.3. The monoisotopic (exact) mass is 415 g/mol. The molecule has 2 aromatic carbocycles. The van der Waals surface area contributed by atoms with Gasteiger partial charge in [0.05, 0.1) is 13.7 Å². The van der Waals surface area contributed by atoms with Crippen LogP contribution in [0, 0.1) is 5.82 Å². The summed E-state index contributed by atoms with van der Waals surface area (Å²) in [5.41, 5.74) is 0.316. The Morgan fingerprint density at radius 1 is 1.17 bits per heavy atom. The minimum atomic E-state index is -0.767. The quantitative estimate of drug-likeness (QED) is 0.412. The van der Waals surface area contributed by atoms with Crippen molar-refractivity contribution in [2.45, 2.75) is 12.8 Å². The van der Waals surface area contributed by atoms with Crippen LogP contribution in [0.4, 0.5) is 4.39 Å². The van der Waals surface area contributed by atoms with Crippen LogP contribution in [-0.4, -0.2) is 37.9 Å². The topological polar surface area (TPSA) is 98.0 Å². The molecule has 0 atom stereocenters. The lowest BCUT2D eigenvalue weighted by Crippen LogP contribution is -2.29. The molecule has 1 aromatic heterocycles. The van der Waals surface area contributed by atoms with E-state index in [-0.39, 0.29) is 30.2 Å². The van der Waals surface area contributed by atoms with E-state index >= 15 is 0 Å². The van der Waals surface area contributed by atoms with E-state index in [4.69, 9.17) is 19.0 Å². The molecule has 1 heterocycles. The Bertz CT molecular complexity index is 1080. The van der Waals surface area contributed by atoms with Gasteiger partial charge in [-0.25, -0.2) is 9.18 Å². The second-order valence-corrected chi connectivity index (χ2v) is 6.55. The van der Waals surface area contributed by atoms with Gasteiger partial charge in [0.25, 0.3) is 5.91 Å². The third kappa shape index (κ3) is 5.15. The van der Waals surface area contributed by atoms with E-state index in [0.29, 0.717) is 36.3 Å².